The van der Waals surface area contributed by atoms with E-state index in [-0.39, 0.29) is 28.0 Å². The normalized spacial score (nSPS) is 20.8. The van der Waals surface area contributed by atoms with Crippen LogP contribution >= 0.6 is 22.9 Å². The van der Waals surface area contributed by atoms with E-state index >= 15 is 0 Å². The summed E-state index contributed by atoms with van der Waals surface area (Å²) in [4.78, 5) is 14.6. The van der Waals surface area contributed by atoms with Gasteiger partial charge in [0, 0.05) is 13.1 Å². The number of nitrogens with one attached hydrogen (secondary N) is 1. The molecule has 1 aliphatic rings. The van der Waals surface area contributed by atoms with Crippen LogP contribution in [-0.4, -0.2) is 44.5 Å². The molecule has 3 rings (SSSR count). The summed E-state index contributed by atoms with van der Waals surface area (Å²) in [6, 6.07) is 9.54. The smallest absolute Gasteiger partial charge is 0.271 e. The van der Waals surface area contributed by atoms with E-state index in [2.05, 4.69) is 4.72 Å². The SMILES string of the molecule is C[C@@H]1CN(C(=O)c2ccccc2NS(=O)(=O)c2ccc(Cl)s2)C[C@@H](C)O1. The Bertz CT molecular complexity index is 903. The zero-order chi connectivity index (χ0) is 18.9. The van der Waals surface area contributed by atoms with Gasteiger partial charge in [-0.1, -0.05) is 23.7 Å². The summed E-state index contributed by atoms with van der Waals surface area (Å²) in [6.45, 7) is 4.74. The first-order valence-electron chi connectivity index (χ1n) is 8.08. The second-order valence-corrected chi connectivity index (χ2v) is 9.80. The summed E-state index contributed by atoms with van der Waals surface area (Å²) in [6.07, 6.45) is -0.139. The molecule has 6 nitrogen and oxygen atoms in total. The average Bonchev–Trinajstić information content (AvgIpc) is 3.01. The lowest BCUT2D eigenvalue weighted by Crippen LogP contribution is -2.48. The maximum absolute atomic E-state index is 13.0. The molecule has 1 amide bonds. The summed E-state index contributed by atoms with van der Waals surface area (Å²) in [5.74, 6) is -0.227. The largest absolute Gasteiger partial charge is 0.372 e. The number of carbonyl (C=O) groups excluding carboxylic acids is 1. The lowest BCUT2D eigenvalue weighted by atomic mass is 10.1. The number of rotatable bonds is 4. The van der Waals surface area contributed by atoms with Gasteiger partial charge >= 0.3 is 0 Å². The Balaban J connectivity index is 1.87. The van der Waals surface area contributed by atoms with Crippen molar-refractivity contribution in [2.24, 2.45) is 0 Å². The van der Waals surface area contributed by atoms with Crippen LogP contribution in [-0.2, 0) is 14.8 Å². The fourth-order valence-electron chi connectivity index (χ4n) is 2.91. The van der Waals surface area contributed by atoms with E-state index in [0.717, 1.165) is 11.3 Å². The Morgan fingerprint density at radius 2 is 1.85 bits per heavy atom. The van der Waals surface area contributed by atoms with E-state index in [9.17, 15) is 13.2 Å². The molecule has 1 aromatic carbocycles. The molecule has 140 valence electrons. The molecule has 1 fully saturated rings. The van der Waals surface area contributed by atoms with Gasteiger partial charge in [0.1, 0.15) is 4.21 Å². The van der Waals surface area contributed by atoms with Gasteiger partial charge in [-0.3, -0.25) is 9.52 Å². The van der Waals surface area contributed by atoms with Gasteiger partial charge in [-0.15, -0.1) is 11.3 Å². The standard InChI is InChI=1S/C17H19ClN2O4S2/c1-11-9-20(10-12(2)24-11)17(21)13-5-3-4-6-14(13)19-26(22,23)16-8-7-15(18)25-16/h3-8,11-12,19H,9-10H2,1-2H3/t11-,12-/m1/s1. The molecule has 0 spiro atoms. The number of hydrogen-bond acceptors (Lipinski definition) is 5. The fraction of sp³-hybridized carbons (Fsp3) is 0.353. The van der Waals surface area contributed by atoms with E-state index < -0.39 is 10.0 Å². The minimum absolute atomic E-state index is 0.0696. The van der Waals surface area contributed by atoms with Crippen LogP contribution in [0.2, 0.25) is 4.34 Å². The predicted octanol–water partition coefficient (Wildman–Crippen LogP) is 3.45. The quantitative estimate of drug-likeness (QED) is 0.831. The number of hydrogen-bond donors (Lipinski definition) is 1. The van der Waals surface area contributed by atoms with Crippen LogP contribution in [0.1, 0.15) is 24.2 Å². The van der Waals surface area contributed by atoms with Crippen molar-refractivity contribution in [1.29, 1.82) is 0 Å². The molecule has 1 saturated heterocycles. The van der Waals surface area contributed by atoms with Crippen molar-refractivity contribution in [3.63, 3.8) is 0 Å². The molecule has 0 saturated carbocycles. The van der Waals surface area contributed by atoms with E-state index in [4.69, 9.17) is 16.3 Å². The Morgan fingerprint density at radius 1 is 1.19 bits per heavy atom. The molecular formula is C17H19ClN2O4S2. The fourth-order valence-corrected chi connectivity index (χ4v) is 5.47. The third kappa shape index (κ3) is 4.20. The van der Waals surface area contributed by atoms with Crippen LogP contribution < -0.4 is 4.72 Å². The summed E-state index contributed by atoms with van der Waals surface area (Å²) in [5, 5.41) is 0. The van der Waals surface area contributed by atoms with Crippen molar-refractivity contribution in [2.45, 2.75) is 30.3 Å². The zero-order valence-corrected chi connectivity index (χ0v) is 16.7. The van der Waals surface area contributed by atoms with Gasteiger partial charge in [-0.25, -0.2) is 8.42 Å². The van der Waals surface area contributed by atoms with E-state index in [1.165, 1.54) is 12.1 Å². The minimum Gasteiger partial charge on any atom is -0.372 e. The van der Waals surface area contributed by atoms with Crippen molar-refractivity contribution in [2.75, 3.05) is 17.8 Å². The molecule has 1 N–H and O–H groups in total. The summed E-state index contributed by atoms with van der Waals surface area (Å²) in [5.41, 5.74) is 0.550. The molecule has 9 heteroatoms. The third-order valence-corrected chi connectivity index (χ3v) is 7.01. The number of benzene rings is 1. The number of ether oxygens (including phenoxy) is 1. The van der Waals surface area contributed by atoms with Crippen LogP contribution in [0.3, 0.4) is 0 Å². The highest BCUT2D eigenvalue weighted by Crippen LogP contribution is 2.28. The lowest BCUT2D eigenvalue weighted by molar-refractivity contribution is -0.0585. The van der Waals surface area contributed by atoms with Crippen LogP contribution in [0.5, 0.6) is 0 Å². The Labute approximate surface area is 161 Å². The highest BCUT2D eigenvalue weighted by Gasteiger charge is 2.28. The maximum Gasteiger partial charge on any atom is 0.271 e. The number of thiophene rings is 1. The number of halogens is 1. The van der Waals surface area contributed by atoms with E-state index in [1.54, 1.807) is 29.2 Å². The first-order valence-corrected chi connectivity index (χ1v) is 10.8. The van der Waals surface area contributed by atoms with Gasteiger partial charge in [0.2, 0.25) is 0 Å². The summed E-state index contributed by atoms with van der Waals surface area (Å²) < 4.78 is 33.8. The summed E-state index contributed by atoms with van der Waals surface area (Å²) >= 11 is 6.79. The van der Waals surface area contributed by atoms with Crippen molar-refractivity contribution in [3.05, 3.63) is 46.3 Å². The summed E-state index contributed by atoms with van der Waals surface area (Å²) in [7, 11) is -3.81. The van der Waals surface area contributed by atoms with Gasteiger partial charge in [0.15, 0.2) is 0 Å². The zero-order valence-electron chi connectivity index (χ0n) is 14.3. The minimum atomic E-state index is -3.81. The number of sulfonamides is 1. The number of anilines is 1. The maximum atomic E-state index is 13.0. The molecule has 26 heavy (non-hydrogen) atoms. The first-order chi connectivity index (χ1) is 12.3. The van der Waals surface area contributed by atoms with Crippen molar-refractivity contribution in [3.8, 4) is 0 Å². The highest BCUT2D eigenvalue weighted by atomic mass is 35.5. The van der Waals surface area contributed by atoms with Gasteiger partial charge in [0.25, 0.3) is 15.9 Å². The van der Waals surface area contributed by atoms with Crippen molar-refractivity contribution < 1.29 is 17.9 Å². The molecule has 0 radical (unpaired) electrons. The number of nitrogens with zero attached hydrogens (tertiary/aromatic N) is 1. The van der Waals surface area contributed by atoms with Crippen LogP contribution in [0.4, 0.5) is 5.69 Å². The highest BCUT2D eigenvalue weighted by molar-refractivity contribution is 7.94. The van der Waals surface area contributed by atoms with Gasteiger partial charge in [-0.2, -0.15) is 0 Å². The lowest BCUT2D eigenvalue weighted by Gasteiger charge is -2.35. The first kappa shape index (κ1) is 19.2. The number of carbonyl (C=O) groups is 1. The molecule has 0 unspecified atom stereocenters. The molecule has 0 bridgehead atoms. The topological polar surface area (TPSA) is 75.7 Å². The molecule has 2 heterocycles. The van der Waals surface area contributed by atoms with E-state index in [1.807, 2.05) is 13.8 Å². The molecule has 0 aliphatic carbocycles. The van der Waals surface area contributed by atoms with E-state index in [0.29, 0.717) is 23.0 Å². The Kier molecular flexibility index (Phi) is 5.57. The van der Waals surface area contributed by atoms with Crippen molar-refractivity contribution in [1.82, 2.24) is 4.90 Å². The number of amides is 1. The average molecular weight is 415 g/mol. The Hall–Kier alpha value is -1.61. The molecule has 1 aromatic heterocycles. The molecular weight excluding hydrogens is 396 g/mol. The Morgan fingerprint density at radius 3 is 2.46 bits per heavy atom. The van der Waals surface area contributed by atoms with Crippen LogP contribution in [0.25, 0.3) is 0 Å². The van der Waals surface area contributed by atoms with Gasteiger partial charge in [0.05, 0.1) is 27.8 Å². The molecule has 2 atom stereocenters. The van der Waals surface area contributed by atoms with Gasteiger partial charge in [-0.05, 0) is 38.1 Å². The molecule has 2 aromatic rings. The number of para-hydroxylation sites is 1. The second kappa shape index (κ2) is 7.56. The molecule has 1 aliphatic heterocycles. The second-order valence-electron chi connectivity index (χ2n) is 6.18. The van der Waals surface area contributed by atoms with Gasteiger partial charge < -0.3 is 9.64 Å². The monoisotopic (exact) mass is 414 g/mol. The number of morpholine rings is 1. The van der Waals surface area contributed by atoms with Crippen LogP contribution in [0.15, 0.2) is 40.6 Å². The predicted molar refractivity (Wildman–Crippen MR) is 102 cm³/mol. The van der Waals surface area contributed by atoms with Crippen molar-refractivity contribution >= 4 is 44.6 Å². The third-order valence-electron chi connectivity index (χ3n) is 3.92. The van der Waals surface area contributed by atoms with Crippen LogP contribution in [0, 0.1) is 0 Å².